The Morgan fingerprint density at radius 1 is 0.900 bits per heavy atom. The van der Waals surface area contributed by atoms with Crippen LogP contribution in [0.3, 0.4) is 0 Å². The molecule has 3 saturated heterocycles. The molecule has 0 spiro atoms. The van der Waals surface area contributed by atoms with Crippen molar-refractivity contribution in [2.45, 2.75) is 105 Å². The first-order valence-corrected chi connectivity index (χ1v) is 12.5. The number of carboxylic acid groups (broad SMARTS) is 1. The number of ether oxygens (including phenoxy) is 5. The average molecular weight is 591 g/mol. The average Bonchev–Trinajstić information content (AvgIpc) is 2.93. The van der Waals surface area contributed by atoms with Crippen molar-refractivity contribution < 1.29 is 89.8 Å². The fraction of sp³-hybridized carbons (Fsp3) is 0.955. The largest absolute Gasteiger partial charge is 0.477 e. The topological polar surface area (TPSA) is 306 Å². The van der Waals surface area contributed by atoms with Crippen molar-refractivity contribution in [3.05, 3.63) is 0 Å². The Labute approximate surface area is 227 Å². The van der Waals surface area contributed by atoms with E-state index in [9.17, 15) is 66.1 Å². The molecular weight excluding hydrogens is 552 g/mol. The number of aliphatic carboxylic acids is 1. The minimum Gasteiger partial charge on any atom is -0.477 e. The monoisotopic (exact) mass is 590 g/mol. The summed E-state index contributed by atoms with van der Waals surface area (Å²) < 4.78 is 26.9. The molecule has 3 aliphatic rings. The van der Waals surface area contributed by atoms with Crippen LogP contribution in [0.25, 0.3) is 0 Å². The number of aliphatic hydroxyl groups excluding tert-OH is 11. The summed E-state index contributed by atoms with van der Waals surface area (Å²) in [4.78, 5) is 12.4. The highest BCUT2D eigenvalue weighted by Gasteiger charge is 2.59. The molecule has 3 fully saturated rings. The van der Waals surface area contributed by atoms with Gasteiger partial charge in [-0.3, -0.25) is 0 Å². The van der Waals surface area contributed by atoms with Gasteiger partial charge >= 0.3 is 5.97 Å². The van der Waals surface area contributed by atoms with Crippen LogP contribution in [0.2, 0.25) is 0 Å². The Bertz CT molecular complexity index is 832. The van der Waals surface area contributed by atoms with E-state index in [0.717, 1.165) is 0 Å². The van der Waals surface area contributed by atoms with Crippen LogP contribution in [0.15, 0.2) is 0 Å². The van der Waals surface area contributed by atoms with E-state index < -0.39 is 130 Å². The zero-order valence-corrected chi connectivity index (χ0v) is 21.3. The normalized spacial score (nSPS) is 48.0. The van der Waals surface area contributed by atoms with E-state index in [1.165, 1.54) is 6.92 Å². The van der Waals surface area contributed by atoms with Gasteiger partial charge in [-0.1, -0.05) is 6.92 Å². The second-order valence-corrected chi connectivity index (χ2v) is 10.1. The number of hydrogen-bond acceptors (Lipinski definition) is 17. The maximum Gasteiger partial charge on any atom is 0.364 e. The first-order chi connectivity index (χ1) is 18.7. The van der Waals surface area contributed by atoms with E-state index in [4.69, 9.17) is 23.7 Å². The van der Waals surface area contributed by atoms with Crippen molar-refractivity contribution in [1.82, 2.24) is 0 Å². The minimum atomic E-state index is -2.86. The van der Waals surface area contributed by atoms with Crippen molar-refractivity contribution >= 4 is 5.97 Å². The van der Waals surface area contributed by atoms with Gasteiger partial charge in [0.1, 0.15) is 61.0 Å². The third-order valence-electron chi connectivity index (χ3n) is 7.45. The molecule has 3 aliphatic heterocycles. The van der Waals surface area contributed by atoms with E-state index in [2.05, 4.69) is 0 Å². The molecule has 12 N–H and O–H groups in total. The lowest BCUT2D eigenvalue weighted by molar-refractivity contribution is -0.387. The summed E-state index contributed by atoms with van der Waals surface area (Å²) in [6.45, 7) is -1.32. The molecule has 0 aliphatic carbocycles. The molecule has 40 heavy (non-hydrogen) atoms. The molecule has 3 rings (SSSR count). The molecule has 0 saturated carbocycles. The molecule has 0 bridgehead atoms. The second-order valence-electron chi connectivity index (χ2n) is 10.1. The summed E-state index contributed by atoms with van der Waals surface area (Å²) in [6.07, 6.45) is -26.0. The first kappa shape index (κ1) is 33.3. The van der Waals surface area contributed by atoms with Crippen molar-refractivity contribution in [2.24, 2.45) is 5.92 Å². The molecule has 0 aromatic heterocycles. The van der Waals surface area contributed by atoms with Crippen molar-refractivity contribution in [3.8, 4) is 0 Å². The van der Waals surface area contributed by atoms with E-state index in [1.54, 1.807) is 0 Å². The highest BCUT2D eigenvalue weighted by Crippen LogP contribution is 2.39. The van der Waals surface area contributed by atoms with Crippen LogP contribution < -0.4 is 0 Å². The van der Waals surface area contributed by atoms with E-state index >= 15 is 0 Å². The Hall–Kier alpha value is -1.17. The number of aliphatic hydroxyl groups is 11. The quantitative estimate of drug-likeness (QED) is 0.112. The molecule has 0 amide bonds. The summed E-state index contributed by atoms with van der Waals surface area (Å²) in [5.74, 6) is -5.71. The molecule has 16 atom stereocenters. The molecule has 7 unspecified atom stereocenters. The second kappa shape index (κ2) is 13.4. The van der Waals surface area contributed by atoms with E-state index in [1.807, 2.05) is 0 Å². The summed E-state index contributed by atoms with van der Waals surface area (Å²) >= 11 is 0. The highest BCUT2D eigenvalue weighted by atomic mass is 16.8. The lowest BCUT2D eigenvalue weighted by Crippen LogP contribution is -2.68. The van der Waals surface area contributed by atoms with Gasteiger partial charge in [0.25, 0.3) is 5.79 Å². The van der Waals surface area contributed by atoms with Gasteiger partial charge in [-0.25, -0.2) is 4.79 Å². The molecule has 234 valence electrons. The predicted molar refractivity (Wildman–Crippen MR) is 122 cm³/mol. The predicted octanol–water partition coefficient (Wildman–Crippen LogP) is -7.09. The van der Waals surface area contributed by atoms with Crippen molar-refractivity contribution in [1.29, 1.82) is 0 Å². The maximum atomic E-state index is 12.4. The summed E-state index contributed by atoms with van der Waals surface area (Å²) in [5, 5.41) is 121. The van der Waals surface area contributed by atoms with Gasteiger partial charge in [0.05, 0.1) is 32.0 Å². The lowest BCUT2D eigenvalue weighted by atomic mass is 9.84. The molecule has 18 heteroatoms. The van der Waals surface area contributed by atoms with Crippen LogP contribution in [0.4, 0.5) is 0 Å². The van der Waals surface area contributed by atoms with Crippen LogP contribution in [0.5, 0.6) is 0 Å². The smallest absolute Gasteiger partial charge is 0.364 e. The van der Waals surface area contributed by atoms with Gasteiger partial charge in [0.15, 0.2) is 12.6 Å². The van der Waals surface area contributed by atoms with Gasteiger partial charge in [0.2, 0.25) is 0 Å². The third-order valence-corrected chi connectivity index (χ3v) is 7.45. The molecule has 0 aromatic carbocycles. The number of carboxylic acids is 1. The van der Waals surface area contributed by atoms with Gasteiger partial charge in [-0.2, -0.15) is 0 Å². The molecule has 0 radical (unpaired) electrons. The Morgan fingerprint density at radius 3 is 2.08 bits per heavy atom. The van der Waals surface area contributed by atoms with Crippen LogP contribution in [-0.2, 0) is 28.5 Å². The lowest BCUT2D eigenvalue weighted by Gasteiger charge is -2.50. The van der Waals surface area contributed by atoms with E-state index in [-0.39, 0.29) is 0 Å². The Balaban J connectivity index is 1.90. The van der Waals surface area contributed by atoms with Crippen molar-refractivity contribution in [3.63, 3.8) is 0 Å². The van der Waals surface area contributed by atoms with E-state index in [0.29, 0.717) is 0 Å². The molecular formula is C22H38O18. The SMILES string of the molecule is C[C@H]1C(C(O)[C@H](O)CO)O[C@@](O[C@@H]2C(O)[C@H](O[C@@H]3C(CO)OC(O)C(O)[C@H]3O)OC(CO)[C@@H]2O)(C(=O)O)C[C@H]1O. The number of rotatable bonds is 10. The maximum absolute atomic E-state index is 12.4. The van der Waals surface area contributed by atoms with Gasteiger partial charge in [-0.05, 0) is 0 Å². The van der Waals surface area contributed by atoms with Crippen LogP contribution in [0, 0.1) is 5.92 Å². The fourth-order valence-electron chi connectivity index (χ4n) is 4.94. The summed E-state index contributed by atoms with van der Waals surface area (Å²) in [5.41, 5.74) is 0. The standard InChI is InChI=1S/C22H38O18/c1-6-7(26)2-22(21(34)35,39-16(6)11(28)8(27)3-23)40-18-12(29)9(4-24)37-20(15(18)32)38-17-10(5-25)36-19(33)14(31)13(17)30/h6-20,23-33H,2-5H2,1H3,(H,34,35)/t6-,7-,8-,9?,10?,11?,12+,13-,14?,15?,16?,17-,18+,19?,20+,22+/m1/s1. The number of carbonyl (C=O) groups is 1. The van der Waals surface area contributed by atoms with Gasteiger partial charge in [0, 0.05) is 12.3 Å². The Morgan fingerprint density at radius 2 is 1.52 bits per heavy atom. The Kier molecular flexibility index (Phi) is 11.2. The molecule has 18 nitrogen and oxygen atoms in total. The summed E-state index contributed by atoms with van der Waals surface area (Å²) in [6, 6.07) is 0. The van der Waals surface area contributed by atoms with Crippen LogP contribution in [0.1, 0.15) is 13.3 Å². The first-order valence-electron chi connectivity index (χ1n) is 12.5. The molecule has 3 heterocycles. The molecule has 0 aromatic rings. The van der Waals surface area contributed by atoms with Gasteiger partial charge in [-0.15, -0.1) is 0 Å². The zero-order valence-electron chi connectivity index (χ0n) is 21.3. The van der Waals surface area contributed by atoms with Crippen LogP contribution in [-0.4, -0.2) is 179 Å². The summed E-state index contributed by atoms with van der Waals surface area (Å²) in [7, 11) is 0. The minimum absolute atomic E-state index is 0.792. The van der Waals surface area contributed by atoms with Crippen LogP contribution >= 0.6 is 0 Å². The van der Waals surface area contributed by atoms with Crippen molar-refractivity contribution in [2.75, 3.05) is 19.8 Å². The third kappa shape index (κ3) is 6.42. The van der Waals surface area contributed by atoms with Gasteiger partial charge < -0.3 is 85.0 Å². The zero-order chi connectivity index (χ0) is 30.1. The fourth-order valence-corrected chi connectivity index (χ4v) is 4.94. The highest BCUT2D eigenvalue weighted by molar-refractivity contribution is 5.76. The number of hydrogen-bond donors (Lipinski definition) is 12.